The molecule has 30 heavy (non-hydrogen) atoms. The first kappa shape index (κ1) is 21.1. The average molecular weight is 474 g/mol. The normalized spacial score (nSPS) is 15.3. The third kappa shape index (κ3) is 4.75. The number of ether oxygens (including phenoxy) is 1. The van der Waals surface area contributed by atoms with Gasteiger partial charge in [0.25, 0.3) is 5.91 Å². The molecule has 0 atom stereocenters. The molecule has 0 spiro atoms. The molecule has 2 heterocycles. The molecule has 8 heteroatoms. The van der Waals surface area contributed by atoms with Crippen LogP contribution in [0, 0.1) is 0 Å². The number of carbonyl (C=O) groups excluding carboxylic acids is 1. The Morgan fingerprint density at radius 3 is 2.77 bits per heavy atom. The van der Waals surface area contributed by atoms with Crippen LogP contribution in [0.4, 0.5) is 5.69 Å². The molecular formula is C22H16ClNO3S3. The summed E-state index contributed by atoms with van der Waals surface area (Å²) in [5.41, 5.74) is 1.83. The second-order valence-electron chi connectivity index (χ2n) is 6.29. The van der Waals surface area contributed by atoms with Gasteiger partial charge in [-0.15, -0.1) is 0 Å². The Balaban J connectivity index is 1.46. The summed E-state index contributed by atoms with van der Waals surface area (Å²) in [6.07, 6.45) is 1.73. The van der Waals surface area contributed by atoms with Crippen molar-refractivity contribution in [3.63, 3.8) is 0 Å². The van der Waals surface area contributed by atoms with Crippen molar-refractivity contribution in [1.29, 1.82) is 0 Å². The summed E-state index contributed by atoms with van der Waals surface area (Å²) in [4.78, 5) is 14.9. The number of anilines is 1. The maximum Gasteiger partial charge on any atom is 0.270 e. The van der Waals surface area contributed by atoms with Crippen molar-refractivity contribution in [2.75, 3.05) is 12.0 Å². The minimum absolute atomic E-state index is 0.176. The number of hydrogen-bond acceptors (Lipinski definition) is 6. The molecule has 1 aliphatic rings. The number of amides is 1. The van der Waals surface area contributed by atoms with Crippen LogP contribution < -0.4 is 9.64 Å². The topological polar surface area (TPSA) is 42.7 Å². The molecule has 0 radical (unpaired) electrons. The van der Waals surface area contributed by atoms with Gasteiger partial charge in [-0.3, -0.25) is 9.69 Å². The third-order valence-corrected chi connectivity index (χ3v) is 6.81. The zero-order chi connectivity index (χ0) is 21.1. The Morgan fingerprint density at radius 2 is 2.00 bits per heavy atom. The van der Waals surface area contributed by atoms with Crippen LogP contribution in [0.3, 0.4) is 0 Å². The predicted molar refractivity (Wildman–Crippen MR) is 128 cm³/mol. The van der Waals surface area contributed by atoms with E-state index < -0.39 is 0 Å². The van der Waals surface area contributed by atoms with E-state index in [0.29, 0.717) is 26.4 Å². The summed E-state index contributed by atoms with van der Waals surface area (Å²) < 4.78 is 11.6. The SMILES string of the molecule is COc1cccc(N2C(=O)C(=Cc3ccc(SCc4ccc(Cl)cc4)o3)SC2=S)c1. The van der Waals surface area contributed by atoms with E-state index in [-0.39, 0.29) is 5.91 Å². The molecule has 1 aliphatic heterocycles. The number of thiocarbonyl (C=S) groups is 1. The third-order valence-electron chi connectivity index (χ3n) is 4.28. The molecule has 0 bridgehead atoms. The standard InChI is InChI=1S/C22H16ClNO3S3/c1-26-17-4-2-3-16(11-17)24-21(25)19(30-22(24)28)12-18-9-10-20(27-18)29-13-14-5-7-15(23)8-6-14/h2-12H,13H2,1H3. The van der Waals surface area contributed by atoms with E-state index in [0.717, 1.165) is 21.4 Å². The van der Waals surface area contributed by atoms with E-state index in [1.54, 1.807) is 31.0 Å². The van der Waals surface area contributed by atoms with Crippen molar-refractivity contribution < 1.29 is 13.9 Å². The fourth-order valence-corrected chi connectivity index (χ4v) is 5.02. The monoisotopic (exact) mass is 473 g/mol. The first-order valence-electron chi connectivity index (χ1n) is 8.92. The quantitative estimate of drug-likeness (QED) is 0.227. The predicted octanol–water partition coefficient (Wildman–Crippen LogP) is 6.64. The molecular weight excluding hydrogens is 458 g/mol. The van der Waals surface area contributed by atoms with Gasteiger partial charge in [0.1, 0.15) is 11.5 Å². The summed E-state index contributed by atoms with van der Waals surface area (Å²) in [5, 5.41) is 1.50. The minimum Gasteiger partial charge on any atom is -0.497 e. The van der Waals surface area contributed by atoms with Gasteiger partial charge in [0.2, 0.25) is 0 Å². The zero-order valence-corrected chi connectivity index (χ0v) is 19.0. The zero-order valence-electron chi connectivity index (χ0n) is 15.8. The number of rotatable bonds is 6. The molecule has 0 unspecified atom stereocenters. The highest BCUT2D eigenvalue weighted by Crippen LogP contribution is 2.37. The van der Waals surface area contributed by atoms with Gasteiger partial charge in [-0.25, -0.2) is 0 Å². The summed E-state index contributed by atoms with van der Waals surface area (Å²) >= 11 is 14.2. The van der Waals surface area contributed by atoms with Crippen molar-refractivity contribution in [3.8, 4) is 5.75 Å². The van der Waals surface area contributed by atoms with Gasteiger partial charge in [-0.05, 0) is 42.0 Å². The Morgan fingerprint density at radius 1 is 1.20 bits per heavy atom. The van der Waals surface area contributed by atoms with Gasteiger partial charge >= 0.3 is 0 Å². The number of furan rings is 1. The van der Waals surface area contributed by atoms with E-state index >= 15 is 0 Å². The Bertz CT molecular complexity index is 1120. The minimum atomic E-state index is -0.176. The fraction of sp³-hybridized carbons (Fsp3) is 0.0909. The van der Waals surface area contributed by atoms with E-state index in [9.17, 15) is 4.79 Å². The van der Waals surface area contributed by atoms with Crippen LogP contribution in [-0.2, 0) is 10.5 Å². The Hall–Kier alpha value is -2.19. The molecule has 1 amide bonds. The van der Waals surface area contributed by atoms with E-state index in [1.165, 1.54) is 16.7 Å². The molecule has 0 N–H and O–H groups in total. The summed E-state index contributed by atoms with van der Waals surface area (Å²) in [7, 11) is 1.59. The fourth-order valence-electron chi connectivity index (χ4n) is 2.79. The second kappa shape index (κ2) is 9.31. The van der Waals surface area contributed by atoms with Crippen molar-refractivity contribution in [3.05, 3.63) is 81.9 Å². The lowest BCUT2D eigenvalue weighted by Crippen LogP contribution is -2.27. The molecule has 152 valence electrons. The van der Waals surface area contributed by atoms with Gasteiger partial charge in [-0.2, -0.15) is 0 Å². The van der Waals surface area contributed by atoms with Gasteiger partial charge in [0, 0.05) is 22.9 Å². The first-order chi connectivity index (χ1) is 14.5. The smallest absolute Gasteiger partial charge is 0.270 e. The molecule has 0 aliphatic carbocycles. The lowest BCUT2D eigenvalue weighted by atomic mass is 10.2. The molecule has 4 nitrogen and oxygen atoms in total. The van der Waals surface area contributed by atoms with Crippen LogP contribution in [0.2, 0.25) is 5.02 Å². The molecule has 2 aromatic carbocycles. The summed E-state index contributed by atoms with van der Waals surface area (Å²) in [6.45, 7) is 0. The van der Waals surface area contributed by atoms with E-state index in [2.05, 4.69) is 0 Å². The number of methoxy groups -OCH3 is 1. The van der Waals surface area contributed by atoms with Crippen molar-refractivity contribution in [2.45, 2.75) is 10.8 Å². The van der Waals surface area contributed by atoms with E-state index in [4.69, 9.17) is 33.0 Å². The number of thioether (sulfide) groups is 2. The lowest BCUT2D eigenvalue weighted by Gasteiger charge is -2.15. The molecule has 1 aromatic heterocycles. The largest absolute Gasteiger partial charge is 0.497 e. The number of hydrogen-bond donors (Lipinski definition) is 0. The number of nitrogens with zero attached hydrogens (tertiary/aromatic N) is 1. The maximum atomic E-state index is 12.9. The van der Waals surface area contributed by atoms with Crippen LogP contribution in [0.1, 0.15) is 11.3 Å². The van der Waals surface area contributed by atoms with E-state index in [1.807, 2.05) is 54.6 Å². The van der Waals surface area contributed by atoms with Crippen LogP contribution in [0.5, 0.6) is 5.75 Å². The summed E-state index contributed by atoms with van der Waals surface area (Å²) in [6, 6.07) is 18.7. The summed E-state index contributed by atoms with van der Waals surface area (Å²) in [5.74, 6) is 1.87. The second-order valence-corrected chi connectivity index (χ2v) is 9.38. The van der Waals surface area contributed by atoms with Gasteiger partial charge in [0.15, 0.2) is 9.41 Å². The highest BCUT2D eigenvalue weighted by atomic mass is 35.5. The maximum absolute atomic E-state index is 12.9. The number of benzene rings is 2. The first-order valence-corrected chi connectivity index (χ1v) is 11.5. The average Bonchev–Trinajstić information content (AvgIpc) is 3.31. The Labute approximate surface area is 193 Å². The highest BCUT2D eigenvalue weighted by molar-refractivity contribution is 8.27. The molecule has 0 saturated carbocycles. The molecule has 1 fully saturated rings. The van der Waals surface area contributed by atoms with Gasteiger partial charge in [0.05, 0.1) is 17.7 Å². The lowest BCUT2D eigenvalue weighted by molar-refractivity contribution is -0.113. The van der Waals surface area contributed by atoms with Gasteiger partial charge < -0.3 is 9.15 Å². The molecule has 1 saturated heterocycles. The van der Waals surface area contributed by atoms with Crippen LogP contribution in [0.25, 0.3) is 6.08 Å². The van der Waals surface area contributed by atoms with Crippen LogP contribution >= 0.6 is 47.3 Å². The number of carbonyl (C=O) groups is 1. The highest BCUT2D eigenvalue weighted by Gasteiger charge is 2.33. The van der Waals surface area contributed by atoms with Crippen LogP contribution in [-0.4, -0.2) is 17.3 Å². The van der Waals surface area contributed by atoms with Crippen molar-refractivity contribution >= 4 is 69.3 Å². The molecule has 4 rings (SSSR count). The van der Waals surface area contributed by atoms with Crippen molar-refractivity contribution in [1.82, 2.24) is 0 Å². The van der Waals surface area contributed by atoms with Crippen LogP contribution in [0.15, 0.2) is 75.1 Å². The molecule has 3 aromatic rings. The van der Waals surface area contributed by atoms with Gasteiger partial charge in [-0.1, -0.05) is 65.5 Å². The number of halogens is 1. The van der Waals surface area contributed by atoms with Crippen molar-refractivity contribution in [2.24, 2.45) is 0 Å². The Kier molecular flexibility index (Phi) is 6.53.